The third-order valence-corrected chi connectivity index (χ3v) is 11.2. The highest BCUT2D eigenvalue weighted by molar-refractivity contribution is 6.23. The quantitative estimate of drug-likeness (QED) is 0.182. The van der Waals surface area contributed by atoms with Gasteiger partial charge in [-0.2, -0.15) is 9.97 Å². The van der Waals surface area contributed by atoms with Gasteiger partial charge in [-0.1, -0.05) is 146 Å². The summed E-state index contributed by atoms with van der Waals surface area (Å²) >= 11 is 0. The molecule has 5 heteroatoms. The number of hydrogen-bond acceptors (Lipinski definition) is 4. The fraction of sp³-hybridized carbons (Fsp3) is 0. The first-order chi connectivity index (χ1) is 27.7. The standard InChI is InChI=1S/C51H30N4O/c1-3-13-34-28-37(22-20-31(34)10-1)49-52-50(38-23-21-32-11-2-4-14-35(32)29-38)54-51(53-49)55-44-27-25-33-12-5-6-15-39(33)47(44)43-18-9-17-40(48(43)55)36-24-26-42-41-16-7-8-19-45(41)56-46(42)30-36/h1-30H. The number of hydrogen-bond donors (Lipinski definition) is 0. The Labute approximate surface area is 320 Å². The topological polar surface area (TPSA) is 56.7 Å². The van der Waals surface area contributed by atoms with Gasteiger partial charge < -0.3 is 4.42 Å². The van der Waals surface area contributed by atoms with Crippen LogP contribution in [0.25, 0.3) is 116 Å². The molecule has 0 bridgehead atoms. The first-order valence-electron chi connectivity index (χ1n) is 18.8. The van der Waals surface area contributed by atoms with E-state index < -0.39 is 0 Å². The van der Waals surface area contributed by atoms with Crippen LogP contribution in [-0.2, 0) is 0 Å². The Morgan fingerprint density at radius 2 is 0.946 bits per heavy atom. The molecule has 0 amide bonds. The fourth-order valence-electron chi connectivity index (χ4n) is 8.55. The molecule has 5 nitrogen and oxygen atoms in total. The Bertz CT molecular complexity index is 3460. The summed E-state index contributed by atoms with van der Waals surface area (Å²) in [5.41, 5.74) is 7.74. The van der Waals surface area contributed by atoms with Crippen LogP contribution in [0, 0.1) is 0 Å². The summed E-state index contributed by atoms with van der Waals surface area (Å²) in [6, 6.07) is 64.0. The van der Waals surface area contributed by atoms with E-state index in [-0.39, 0.29) is 0 Å². The molecule has 9 aromatic carbocycles. The monoisotopic (exact) mass is 714 g/mol. The van der Waals surface area contributed by atoms with E-state index in [0.29, 0.717) is 17.6 Å². The number of rotatable bonds is 4. The van der Waals surface area contributed by atoms with E-state index >= 15 is 0 Å². The van der Waals surface area contributed by atoms with Crippen molar-refractivity contribution in [1.82, 2.24) is 19.5 Å². The van der Waals surface area contributed by atoms with Crippen LogP contribution in [0.3, 0.4) is 0 Å². The van der Waals surface area contributed by atoms with E-state index in [9.17, 15) is 0 Å². The molecule has 0 fully saturated rings. The second kappa shape index (κ2) is 11.9. The predicted octanol–water partition coefficient (Wildman–Crippen LogP) is 13.3. The molecular weight excluding hydrogens is 685 g/mol. The van der Waals surface area contributed by atoms with Gasteiger partial charge in [-0.15, -0.1) is 0 Å². The lowest BCUT2D eigenvalue weighted by atomic mass is 9.99. The predicted molar refractivity (Wildman–Crippen MR) is 230 cm³/mol. The molecule has 0 aliphatic carbocycles. The molecule has 12 aromatic rings. The van der Waals surface area contributed by atoms with E-state index in [4.69, 9.17) is 19.4 Å². The van der Waals surface area contributed by atoms with Crippen molar-refractivity contribution in [2.45, 2.75) is 0 Å². The molecule has 0 spiro atoms. The third kappa shape index (κ3) is 4.71. The van der Waals surface area contributed by atoms with Crippen LogP contribution < -0.4 is 0 Å². The van der Waals surface area contributed by atoms with E-state index in [0.717, 1.165) is 76.8 Å². The van der Waals surface area contributed by atoms with Crippen molar-refractivity contribution in [3.05, 3.63) is 182 Å². The summed E-state index contributed by atoms with van der Waals surface area (Å²) in [6.07, 6.45) is 0. The third-order valence-electron chi connectivity index (χ3n) is 11.2. The summed E-state index contributed by atoms with van der Waals surface area (Å²) in [5.74, 6) is 1.78. The highest BCUT2D eigenvalue weighted by Crippen LogP contribution is 2.42. The first-order valence-corrected chi connectivity index (χ1v) is 18.8. The average molecular weight is 715 g/mol. The Balaban J connectivity index is 1.18. The van der Waals surface area contributed by atoms with Crippen LogP contribution in [0.15, 0.2) is 186 Å². The molecule has 0 aliphatic rings. The molecule has 56 heavy (non-hydrogen) atoms. The van der Waals surface area contributed by atoms with Gasteiger partial charge >= 0.3 is 0 Å². The number of nitrogens with zero attached hydrogens (tertiary/aromatic N) is 4. The van der Waals surface area contributed by atoms with Crippen LogP contribution in [-0.4, -0.2) is 19.5 Å². The Kier molecular flexibility index (Phi) is 6.56. The molecule has 0 aliphatic heterocycles. The molecule has 0 saturated heterocycles. The minimum atomic E-state index is 0.555. The van der Waals surface area contributed by atoms with Gasteiger partial charge in [0.05, 0.1) is 11.0 Å². The largest absolute Gasteiger partial charge is 0.456 e. The van der Waals surface area contributed by atoms with E-state index in [2.05, 4.69) is 174 Å². The van der Waals surface area contributed by atoms with Crippen LogP contribution in [0.2, 0.25) is 0 Å². The van der Waals surface area contributed by atoms with Gasteiger partial charge in [-0.05, 0) is 74.3 Å². The summed E-state index contributed by atoms with van der Waals surface area (Å²) < 4.78 is 8.65. The minimum absolute atomic E-state index is 0.555. The zero-order valence-electron chi connectivity index (χ0n) is 30.0. The Morgan fingerprint density at radius 1 is 0.375 bits per heavy atom. The van der Waals surface area contributed by atoms with Crippen molar-refractivity contribution >= 4 is 76.1 Å². The van der Waals surface area contributed by atoms with Crippen molar-refractivity contribution in [3.8, 4) is 39.9 Å². The van der Waals surface area contributed by atoms with Crippen molar-refractivity contribution < 1.29 is 4.42 Å². The molecule has 0 radical (unpaired) electrons. The fourth-order valence-corrected chi connectivity index (χ4v) is 8.55. The maximum Gasteiger partial charge on any atom is 0.238 e. The van der Waals surface area contributed by atoms with E-state index in [1.54, 1.807) is 0 Å². The molecule has 260 valence electrons. The second-order valence-electron chi connectivity index (χ2n) is 14.4. The van der Waals surface area contributed by atoms with Gasteiger partial charge in [0, 0.05) is 38.2 Å². The van der Waals surface area contributed by atoms with Crippen LogP contribution in [0.5, 0.6) is 0 Å². The van der Waals surface area contributed by atoms with Crippen molar-refractivity contribution in [2.24, 2.45) is 0 Å². The maximum absolute atomic E-state index is 6.41. The number of fused-ring (bicyclic) bond motifs is 10. The number of benzene rings is 9. The van der Waals surface area contributed by atoms with Gasteiger partial charge in [0.2, 0.25) is 5.95 Å². The van der Waals surface area contributed by atoms with E-state index in [1.807, 2.05) is 12.1 Å². The molecule has 0 saturated carbocycles. The second-order valence-corrected chi connectivity index (χ2v) is 14.4. The van der Waals surface area contributed by atoms with Crippen molar-refractivity contribution in [1.29, 1.82) is 0 Å². The molecule has 0 N–H and O–H groups in total. The molecular formula is C51H30N4O. The van der Waals surface area contributed by atoms with Gasteiger partial charge in [-0.25, -0.2) is 4.98 Å². The molecule has 3 heterocycles. The van der Waals surface area contributed by atoms with E-state index in [1.165, 1.54) is 21.5 Å². The number of aromatic nitrogens is 4. The van der Waals surface area contributed by atoms with Crippen LogP contribution >= 0.6 is 0 Å². The van der Waals surface area contributed by atoms with Crippen LogP contribution in [0.1, 0.15) is 0 Å². The average Bonchev–Trinajstić information content (AvgIpc) is 3.82. The zero-order chi connectivity index (χ0) is 36.7. The molecule has 0 unspecified atom stereocenters. The molecule has 12 rings (SSSR count). The summed E-state index contributed by atoms with van der Waals surface area (Å²) in [7, 11) is 0. The number of furan rings is 1. The molecule has 3 aromatic heterocycles. The lowest BCUT2D eigenvalue weighted by molar-refractivity contribution is 0.669. The van der Waals surface area contributed by atoms with Gasteiger partial charge in [-0.3, -0.25) is 4.57 Å². The van der Waals surface area contributed by atoms with Crippen molar-refractivity contribution in [2.75, 3.05) is 0 Å². The number of para-hydroxylation sites is 2. The van der Waals surface area contributed by atoms with Crippen molar-refractivity contribution in [3.63, 3.8) is 0 Å². The Hall–Kier alpha value is -7.63. The lowest BCUT2D eigenvalue weighted by Crippen LogP contribution is -2.07. The SMILES string of the molecule is c1ccc2cc(-c3nc(-c4ccc5ccccc5c4)nc(-n4c5ccc6ccccc6c5c5cccc(-c6ccc7c(c6)oc6ccccc67)c54)n3)ccc2c1. The van der Waals surface area contributed by atoms with Gasteiger partial charge in [0.25, 0.3) is 0 Å². The normalized spacial score (nSPS) is 11.9. The summed E-state index contributed by atoms with van der Waals surface area (Å²) in [4.78, 5) is 15.9. The Morgan fingerprint density at radius 3 is 1.68 bits per heavy atom. The first kappa shape index (κ1) is 30.8. The lowest BCUT2D eigenvalue weighted by Gasteiger charge is -2.13. The van der Waals surface area contributed by atoms with Gasteiger partial charge in [0.1, 0.15) is 11.2 Å². The highest BCUT2D eigenvalue weighted by Gasteiger charge is 2.22. The summed E-state index contributed by atoms with van der Waals surface area (Å²) in [5, 5.41) is 11.4. The maximum atomic E-state index is 6.41. The summed E-state index contributed by atoms with van der Waals surface area (Å²) in [6.45, 7) is 0. The zero-order valence-corrected chi connectivity index (χ0v) is 30.0. The minimum Gasteiger partial charge on any atom is -0.456 e. The highest BCUT2D eigenvalue weighted by atomic mass is 16.3. The van der Waals surface area contributed by atoms with Gasteiger partial charge in [0.15, 0.2) is 11.6 Å². The molecule has 0 atom stereocenters. The smallest absolute Gasteiger partial charge is 0.238 e. The van der Waals surface area contributed by atoms with Crippen LogP contribution in [0.4, 0.5) is 0 Å².